The van der Waals surface area contributed by atoms with Crippen molar-refractivity contribution in [2.45, 2.75) is 39.5 Å². The Balaban J connectivity index is 1.72. The van der Waals surface area contributed by atoms with Crippen molar-refractivity contribution in [1.29, 1.82) is 0 Å². The zero-order chi connectivity index (χ0) is 23.6. The molecule has 0 spiro atoms. The van der Waals surface area contributed by atoms with E-state index < -0.39 is 10.0 Å². The first kappa shape index (κ1) is 23.7. The van der Waals surface area contributed by atoms with Gasteiger partial charge in [-0.2, -0.15) is 9.61 Å². The molecular weight excluding hydrogens is 466 g/mol. The SMILES string of the molecule is CCOc1cc(-c2nn3c(C4CCCN(S(C)(=O)=O)C4)nnc3s2)cc(OCC)c1OCC. The highest BCUT2D eigenvalue weighted by Crippen LogP contribution is 2.43. The van der Waals surface area contributed by atoms with Crippen molar-refractivity contribution >= 4 is 26.3 Å². The van der Waals surface area contributed by atoms with Gasteiger partial charge in [-0.05, 0) is 45.7 Å². The molecule has 180 valence electrons. The number of aromatic nitrogens is 4. The van der Waals surface area contributed by atoms with Crippen LogP contribution in [-0.4, -0.2) is 71.7 Å². The highest BCUT2D eigenvalue weighted by molar-refractivity contribution is 7.88. The summed E-state index contributed by atoms with van der Waals surface area (Å²) >= 11 is 1.41. The fraction of sp³-hybridized carbons (Fsp3) is 0.571. The molecule has 10 nitrogen and oxygen atoms in total. The lowest BCUT2D eigenvalue weighted by molar-refractivity contribution is 0.261. The predicted molar refractivity (Wildman–Crippen MR) is 126 cm³/mol. The minimum Gasteiger partial charge on any atom is -0.490 e. The fourth-order valence-corrected chi connectivity index (χ4v) is 5.71. The summed E-state index contributed by atoms with van der Waals surface area (Å²) in [6, 6.07) is 3.79. The van der Waals surface area contributed by atoms with Crippen LogP contribution >= 0.6 is 11.3 Å². The Morgan fingerprint density at radius 2 is 1.73 bits per heavy atom. The largest absolute Gasteiger partial charge is 0.490 e. The van der Waals surface area contributed by atoms with Crippen molar-refractivity contribution in [2.24, 2.45) is 0 Å². The van der Waals surface area contributed by atoms with E-state index in [0.717, 1.165) is 23.4 Å². The number of fused-ring (bicyclic) bond motifs is 1. The lowest BCUT2D eigenvalue weighted by atomic mass is 9.99. The van der Waals surface area contributed by atoms with E-state index in [1.807, 2.05) is 32.9 Å². The lowest BCUT2D eigenvalue weighted by Gasteiger charge is -2.29. The summed E-state index contributed by atoms with van der Waals surface area (Å²) in [5, 5.41) is 14.1. The minimum absolute atomic E-state index is 0.0586. The highest BCUT2D eigenvalue weighted by atomic mass is 32.2. The topological polar surface area (TPSA) is 108 Å². The molecule has 3 aromatic rings. The first-order valence-corrected chi connectivity index (χ1v) is 13.8. The average molecular weight is 496 g/mol. The molecule has 1 aliphatic rings. The maximum absolute atomic E-state index is 12.0. The fourth-order valence-electron chi connectivity index (χ4n) is 3.97. The van der Waals surface area contributed by atoms with E-state index in [1.165, 1.54) is 21.9 Å². The molecule has 0 saturated carbocycles. The van der Waals surface area contributed by atoms with Crippen molar-refractivity contribution in [3.8, 4) is 27.8 Å². The predicted octanol–water partition coefficient (Wildman–Crippen LogP) is 3.19. The van der Waals surface area contributed by atoms with Gasteiger partial charge in [0.2, 0.25) is 20.7 Å². The summed E-state index contributed by atoms with van der Waals surface area (Å²) in [5.74, 6) is 2.40. The molecule has 0 aliphatic carbocycles. The lowest BCUT2D eigenvalue weighted by Crippen LogP contribution is -2.38. The number of ether oxygens (including phenoxy) is 3. The Morgan fingerprint density at radius 3 is 2.33 bits per heavy atom. The molecule has 2 aromatic heterocycles. The van der Waals surface area contributed by atoms with Gasteiger partial charge in [0.25, 0.3) is 0 Å². The molecule has 0 amide bonds. The number of hydrogen-bond donors (Lipinski definition) is 0. The van der Waals surface area contributed by atoms with Crippen LogP contribution in [0.2, 0.25) is 0 Å². The van der Waals surface area contributed by atoms with Crippen LogP contribution in [0.1, 0.15) is 45.4 Å². The zero-order valence-electron chi connectivity index (χ0n) is 19.3. The number of nitrogens with zero attached hydrogens (tertiary/aromatic N) is 5. The van der Waals surface area contributed by atoms with Crippen LogP contribution in [0.25, 0.3) is 15.5 Å². The molecule has 3 heterocycles. The number of sulfonamides is 1. The quantitative estimate of drug-likeness (QED) is 0.445. The van der Waals surface area contributed by atoms with Gasteiger partial charge >= 0.3 is 0 Å². The molecule has 4 rings (SSSR count). The third kappa shape index (κ3) is 4.92. The van der Waals surface area contributed by atoms with Crippen LogP contribution in [0.5, 0.6) is 17.2 Å². The number of hydrogen-bond acceptors (Lipinski definition) is 9. The summed E-state index contributed by atoms with van der Waals surface area (Å²) < 4.78 is 44.8. The van der Waals surface area contributed by atoms with Gasteiger partial charge in [-0.3, -0.25) is 0 Å². The van der Waals surface area contributed by atoms with Crippen molar-refractivity contribution in [3.63, 3.8) is 0 Å². The Kier molecular flexibility index (Phi) is 7.05. The summed E-state index contributed by atoms with van der Waals surface area (Å²) in [4.78, 5) is 0.654. The van der Waals surface area contributed by atoms with Crippen LogP contribution in [0.4, 0.5) is 0 Å². The average Bonchev–Trinajstić information content (AvgIpc) is 3.37. The van der Waals surface area contributed by atoms with Crippen molar-refractivity contribution in [3.05, 3.63) is 18.0 Å². The van der Waals surface area contributed by atoms with Gasteiger partial charge in [0.05, 0.1) is 26.1 Å². The molecular formula is C21H29N5O5S2. The van der Waals surface area contributed by atoms with Crippen LogP contribution in [0, 0.1) is 0 Å². The molecule has 1 saturated heterocycles. The maximum atomic E-state index is 12.0. The van der Waals surface area contributed by atoms with E-state index in [0.29, 0.717) is 60.9 Å². The molecule has 1 atom stereocenters. The second-order valence-corrected chi connectivity index (χ2v) is 10.7. The van der Waals surface area contributed by atoms with Gasteiger partial charge < -0.3 is 14.2 Å². The molecule has 1 aromatic carbocycles. The number of benzene rings is 1. The Morgan fingerprint density at radius 1 is 1.06 bits per heavy atom. The third-order valence-electron chi connectivity index (χ3n) is 5.39. The summed E-state index contributed by atoms with van der Waals surface area (Å²) in [6.45, 7) is 8.14. The Labute approximate surface area is 197 Å². The van der Waals surface area contributed by atoms with Gasteiger partial charge in [-0.25, -0.2) is 12.7 Å². The van der Waals surface area contributed by atoms with E-state index in [2.05, 4.69) is 10.2 Å². The van der Waals surface area contributed by atoms with Crippen molar-refractivity contribution < 1.29 is 22.6 Å². The van der Waals surface area contributed by atoms with Gasteiger partial charge in [-0.15, -0.1) is 10.2 Å². The molecule has 0 radical (unpaired) electrons. The molecule has 1 aliphatic heterocycles. The second kappa shape index (κ2) is 9.82. The molecule has 1 unspecified atom stereocenters. The normalized spacial score (nSPS) is 17.4. The zero-order valence-corrected chi connectivity index (χ0v) is 20.9. The molecule has 1 fully saturated rings. The van der Waals surface area contributed by atoms with Gasteiger partial charge in [0.1, 0.15) is 5.01 Å². The number of rotatable bonds is 9. The van der Waals surface area contributed by atoms with Crippen LogP contribution < -0.4 is 14.2 Å². The summed E-state index contributed by atoms with van der Waals surface area (Å²) in [5.41, 5.74) is 0.827. The maximum Gasteiger partial charge on any atom is 0.234 e. The molecule has 0 bridgehead atoms. The van der Waals surface area contributed by atoms with Crippen molar-refractivity contribution in [1.82, 2.24) is 24.1 Å². The van der Waals surface area contributed by atoms with Gasteiger partial charge in [0, 0.05) is 24.6 Å². The Hall–Kier alpha value is -2.44. The molecule has 33 heavy (non-hydrogen) atoms. The summed E-state index contributed by atoms with van der Waals surface area (Å²) in [7, 11) is -3.25. The highest BCUT2D eigenvalue weighted by Gasteiger charge is 2.30. The molecule has 0 N–H and O–H groups in total. The smallest absolute Gasteiger partial charge is 0.234 e. The van der Waals surface area contributed by atoms with Gasteiger partial charge in [0.15, 0.2) is 17.3 Å². The van der Waals surface area contributed by atoms with E-state index >= 15 is 0 Å². The summed E-state index contributed by atoms with van der Waals surface area (Å²) in [6.07, 6.45) is 2.86. The monoisotopic (exact) mass is 495 g/mol. The standard InChI is InChI=1S/C21H29N5O5S2/c1-5-29-16-11-15(12-17(30-6-2)18(16)31-7-3)20-24-26-19(22-23-21(26)32-20)14-9-8-10-25(13-14)33(4,27)28/h11-12,14H,5-10,13H2,1-4H3. The van der Waals surface area contributed by atoms with E-state index in [9.17, 15) is 8.42 Å². The van der Waals surface area contributed by atoms with Crippen LogP contribution in [0.3, 0.4) is 0 Å². The first-order chi connectivity index (χ1) is 15.9. The van der Waals surface area contributed by atoms with Crippen molar-refractivity contribution in [2.75, 3.05) is 39.2 Å². The van der Waals surface area contributed by atoms with Crippen LogP contribution in [-0.2, 0) is 10.0 Å². The van der Waals surface area contributed by atoms with Crippen LogP contribution in [0.15, 0.2) is 12.1 Å². The van der Waals surface area contributed by atoms with E-state index in [1.54, 1.807) is 4.52 Å². The first-order valence-electron chi connectivity index (χ1n) is 11.1. The Bertz CT molecular complexity index is 1200. The minimum atomic E-state index is -3.25. The van der Waals surface area contributed by atoms with E-state index in [-0.39, 0.29) is 5.92 Å². The molecule has 12 heteroatoms. The second-order valence-electron chi connectivity index (χ2n) is 7.72. The third-order valence-corrected chi connectivity index (χ3v) is 7.61. The van der Waals surface area contributed by atoms with E-state index in [4.69, 9.17) is 19.3 Å². The van der Waals surface area contributed by atoms with Gasteiger partial charge in [-0.1, -0.05) is 11.3 Å². The number of piperidine rings is 1.